The SMILES string of the molecule is COC(C)(OC)O[SiH2]C. The second-order valence-corrected chi connectivity index (χ2v) is 2.57. The van der Waals surface area contributed by atoms with E-state index in [9.17, 15) is 0 Å². The van der Waals surface area contributed by atoms with Gasteiger partial charge in [-0.3, -0.25) is 0 Å². The molecule has 0 aromatic rings. The maximum atomic E-state index is 5.22. The molecule has 0 radical (unpaired) electrons. The van der Waals surface area contributed by atoms with Gasteiger partial charge in [-0.1, -0.05) is 6.55 Å². The summed E-state index contributed by atoms with van der Waals surface area (Å²) in [4.78, 5) is 0. The summed E-state index contributed by atoms with van der Waals surface area (Å²) in [6.45, 7) is 3.78. The van der Waals surface area contributed by atoms with Crippen molar-refractivity contribution >= 4 is 9.76 Å². The molecule has 9 heavy (non-hydrogen) atoms. The van der Waals surface area contributed by atoms with Crippen molar-refractivity contribution in [1.29, 1.82) is 0 Å². The standard InChI is InChI=1S/C5H14O3Si/c1-5(6-2,7-3)8-9-4/h9H2,1-4H3. The van der Waals surface area contributed by atoms with Gasteiger partial charge in [0.15, 0.2) is 9.76 Å². The van der Waals surface area contributed by atoms with E-state index in [0.717, 1.165) is 0 Å². The molecule has 0 spiro atoms. The molecule has 0 aliphatic carbocycles. The Bertz CT molecular complexity index is 72.6. The van der Waals surface area contributed by atoms with Crippen molar-refractivity contribution in [3.05, 3.63) is 0 Å². The Hall–Kier alpha value is 0.0969. The highest BCUT2D eigenvalue weighted by atomic mass is 28.2. The zero-order valence-electron chi connectivity index (χ0n) is 6.43. The summed E-state index contributed by atoms with van der Waals surface area (Å²) >= 11 is 0. The Balaban J connectivity index is 3.62. The number of hydrogen-bond acceptors (Lipinski definition) is 3. The molecule has 0 fully saturated rings. The van der Waals surface area contributed by atoms with E-state index in [1.807, 2.05) is 6.55 Å². The lowest BCUT2D eigenvalue weighted by Gasteiger charge is -2.25. The molecule has 0 aromatic carbocycles. The molecule has 0 aromatic heterocycles. The summed E-state index contributed by atoms with van der Waals surface area (Å²) in [5.74, 6) is -0.805. The van der Waals surface area contributed by atoms with Crippen LogP contribution in [0, 0.1) is 0 Å². The van der Waals surface area contributed by atoms with Gasteiger partial charge in [0.1, 0.15) is 0 Å². The predicted molar refractivity (Wildman–Crippen MR) is 37.9 cm³/mol. The van der Waals surface area contributed by atoms with Crippen LogP contribution in [0.1, 0.15) is 6.92 Å². The Morgan fingerprint density at radius 1 is 1.22 bits per heavy atom. The van der Waals surface area contributed by atoms with Crippen LogP contribution in [0.5, 0.6) is 0 Å². The summed E-state index contributed by atoms with van der Waals surface area (Å²) in [6, 6.07) is 0. The van der Waals surface area contributed by atoms with Crippen molar-refractivity contribution in [2.45, 2.75) is 19.4 Å². The van der Waals surface area contributed by atoms with E-state index < -0.39 is 15.7 Å². The summed E-state index contributed by atoms with van der Waals surface area (Å²) in [5.41, 5.74) is 0. The second kappa shape index (κ2) is 4.00. The number of hydrogen-bond donors (Lipinski definition) is 0. The fraction of sp³-hybridized carbons (Fsp3) is 1.00. The molecule has 0 aliphatic heterocycles. The molecule has 0 heterocycles. The molecular weight excluding hydrogens is 136 g/mol. The topological polar surface area (TPSA) is 27.7 Å². The highest BCUT2D eigenvalue weighted by Gasteiger charge is 2.21. The van der Waals surface area contributed by atoms with E-state index in [1.165, 1.54) is 0 Å². The minimum Gasteiger partial charge on any atom is -0.377 e. The minimum absolute atomic E-state index is 0.462. The van der Waals surface area contributed by atoms with Crippen LogP contribution in [-0.4, -0.2) is 30.0 Å². The first-order valence-electron chi connectivity index (χ1n) is 2.92. The van der Waals surface area contributed by atoms with Gasteiger partial charge in [0.25, 0.3) is 5.97 Å². The van der Waals surface area contributed by atoms with Gasteiger partial charge in [0.2, 0.25) is 0 Å². The van der Waals surface area contributed by atoms with Crippen LogP contribution in [-0.2, 0) is 13.9 Å². The molecule has 0 aliphatic rings. The summed E-state index contributed by atoms with van der Waals surface area (Å²) in [5, 5.41) is 0. The lowest BCUT2D eigenvalue weighted by atomic mass is 10.7. The van der Waals surface area contributed by atoms with Crippen LogP contribution < -0.4 is 0 Å². The maximum absolute atomic E-state index is 5.22. The third-order valence-electron chi connectivity index (χ3n) is 1.15. The first-order valence-corrected chi connectivity index (χ1v) is 4.92. The third kappa shape index (κ3) is 2.95. The average Bonchev–Trinajstić information content (AvgIpc) is 1.89. The Morgan fingerprint density at radius 2 is 1.67 bits per heavy atom. The fourth-order valence-electron chi connectivity index (χ4n) is 0.463. The van der Waals surface area contributed by atoms with Crippen LogP contribution >= 0.6 is 0 Å². The molecule has 4 heteroatoms. The Labute approximate surface area is 58.2 Å². The molecule has 0 rings (SSSR count). The molecule has 0 saturated carbocycles. The van der Waals surface area contributed by atoms with E-state index in [0.29, 0.717) is 0 Å². The highest BCUT2D eigenvalue weighted by molar-refractivity contribution is 6.24. The van der Waals surface area contributed by atoms with Gasteiger partial charge in [0, 0.05) is 21.1 Å². The smallest absolute Gasteiger partial charge is 0.269 e. The van der Waals surface area contributed by atoms with Gasteiger partial charge in [-0.2, -0.15) is 0 Å². The van der Waals surface area contributed by atoms with Crippen molar-refractivity contribution in [2.75, 3.05) is 14.2 Å². The van der Waals surface area contributed by atoms with Crippen molar-refractivity contribution < 1.29 is 13.9 Å². The second-order valence-electron chi connectivity index (χ2n) is 1.70. The van der Waals surface area contributed by atoms with Gasteiger partial charge in [-0.05, 0) is 0 Å². The largest absolute Gasteiger partial charge is 0.377 e. The lowest BCUT2D eigenvalue weighted by Crippen LogP contribution is -2.33. The van der Waals surface area contributed by atoms with Gasteiger partial charge in [-0.15, -0.1) is 0 Å². The number of methoxy groups -OCH3 is 2. The fourth-order valence-corrected chi connectivity index (χ4v) is 1.22. The van der Waals surface area contributed by atoms with Gasteiger partial charge in [0.05, 0.1) is 0 Å². The zero-order valence-corrected chi connectivity index (χ0v) is 7.85. The van der Waals surface area contributed by atoms with Crippen LogP contribution in [0.2, 0.25) is 6.55 Å². The third-order valence-corrected chi connectivity index (χ3v) is 1.96. The van der Waals surface area contributed by atoms with E-state index in [4.69, 9.17) is 13.9 Å². The zero-order chi connectivity index (χ0) is 7.33. The molecule has 0 atom stereocenters. The van der Waals surface area contributed by atoms with Crippen molar-refractivity contribution in [3.8, 4) is 0 Å². The molecule has 56 valence electrons. The average molecular weight is 150 g/mol. The Kier molecular flexibility index (Phi) is 4.04. The number of ether oxygens (including phenoxy) is 2. The summed E-state index contributed by atoms with van der Waals surface area (Å²) in [6.07, 6.45) is 0. The molecule has 0 bridgehead atoms. The van der Waals surface area contributed by atoms with E-state index in [-0.39, 0.29) is 0 Å². The predicted octanol–water partition coefficient (Wildman–Crippen LogP) is 0.101. The van der Waals surface area contributed by atoms with Crippen molar-refractivity contribution in [3.63, 3.8) is 0 Å². The van der Waals surface area contributed by atoms with Gasteiger partial charge < -0.3 is 13.9 Å². The molecular formula is C5H14O3Si. The van der Waals surface area contributed by atoms with Gasteiger partial charge >= 0.3 is 0 Å². The molecule has 0 amide bonds. The normalized spacial score (nSPS) is 13.3. The maximum Gasteiger partial charge on any atom is 0.269 e. The van der Waals surface area contributed by atoms with E-state index >= 15 is 0 Å². The van der Waals surface area contributed by atoms with Crippen molar-refractivity contribution in [2.24, 2.45) is 0 Å². The Morgan fingerprint density at radius 3 is 1.78 bits per heavy atom. The van der Waals surface area contributed by atoms with Crippen molar-refractivity contribution in [1.82, 2.24) is 0 Å². The lowest BCUT2D eigenvalue weighted by molar-refractivity contribution is -0.310. The summed E-state index contributed by atoms with van der Waals surface area (Å²) in [7, 11) is 2.66. The first-order chi connectivity index (χ1) is 4.18. The van der Waals surface area contributed by atoms with Crippen LogP contribution in [0.4, 0.5) is 0 Å². The van der Waals surface area contributed by atoms with Crippen LogP contribution in [0.15, 0.2) is 0 Å². The molecule has 0 N–H and O–H groups in total. The minimum atomic E-state index is -0.805. The highest BCUT2D eigenvalue weighted by Crippen LogP contribution is 2.09. The quantitative estimate of drug-likeness (QED) is 0.420. The molecule has 0 saturated heterocycles. The van der Waals surface area contributed by atoms with Gasteiger partial charge in [-0.25, -0.2) is 0 Å². The number of rotatable bonds is 4. The van der Waals surface area contributed by atoms with Crippen LogP contribution in [0.25, 0.3) is 0 Å². The van der Waals surface area contributed by atoms with Crippen LogP contribution in [0.3, 0.4) is 0 Å². The molecule has 3 nitrogen and oxygen atoms in total. The van der Waals surface area contributed by atoms with E-state index in [1.54, 1.807) is 21.1 Å². The molecule has 0 unspecified atom stereocenters. The summed E-state index contributed by atoms with van der Waals surface area (Å²) < 4.78 is 15.1. The first kappa shape index (κ1) is 9.10. The van der Waals surface area contributed by atoms with E-state index in [2.05, 4.69) is 0 Å². The monoisotopic (exact) mass is 150 g/mol.